The van der Waals surface area contributed by atoms with E-state index in [4.69, 9.17) is 23.2 Å². The van der Waals surface area contributed by atoms with Gasteiger partial charge < -0.3 is 0 Å². The summed E-state index contributed by atoms with van der Waals surface area (Å²) in [6.45, 7) is 4.23. The molecule has 25 heavy (non-hydrogen) atoms. The van der Waals surface area contributed by atoms with Crippen LogP contribution in [0.2, 0.25) is 0 Å². The van der Waals surface area contributed by atoms with Crippen molar-refractivity contribution >= 4 is 0 Å². The van der Waals surface area contributed by atoms with Crippen molar-refractivity contribution < 1.29 is 38.1 Å². The van der Waals surface area contributed by atoms with Crippen molar-refractivity contribution in [1.82, 2.24) is 0 Å². The Bertz CT molecular complexity index is 778. The van der Waals surface area contributed by atoms with E-state index < -0.39 is 10.2 Å². The summed E-state index contributed by atoms with van der Waals surface area (Å²) in [5.41, 5.74) is 3.48. The van der Waals surface area contributed by atoms with Crippen molar-refractivity contribution in [2.45, 2.75) is 19.9 Å². The molecule has 2 aromatic carbocycles. The van der Waals surface area contributed by atoms with Crippen molar-refractivity contribution in [3.05, 3.63) is 78.0 Å². The van der Waals surface area contributed by atoms with E-state index >= 15 is 0 Å². The maximum absolute atomic E-state index is 8.49. The van der Waals surface area contributed by atoms with E-state index in [1.165, 1.54) is 5.56 Å². The van der Waals surface area contributed by atoms with Crippen LogP contribution in [0.25, 0.3) is 11.3 Å². The van der Waals surface area contributed by atoms with E-state index in [-0.39, 0.29) is 6.04 Å². The summed E-state index contributed by atoms with van der Waals surface area (Å²) < 4.78 is 42.0. The molecule has 1 unspecified atom stereocenters. The van der Waals surface area contributed by atoms with Gasteiger partial charge >= 0.3 is 0 Å². The first-order valence-corrected chi connectivity index (χ1v) is 8.73. The van der Waals surface area contributed by atoms with Gasteiger partial charge in [0.05, 0.1) is 6.07 Å². The minimum Gasteiger partial charge on any atom is -0.235 e. The molecule has 6 nitrogen and oxygen atoms in total. The highest BCUT2D eigenvalue weighted by Crippen LogP contribution is 2.21. The van der Waals surface area contributed by atoms with Crippen molar-refractivity contribution in [2.75, 3.05) is 0 Å². The number of aromatic nitrogens is 1. The van der Waals surface area contributed by atoms with Gasteiger partial charge in [-0.25, -0.2) is 23.2 Å². The third-order valence-electron chi connectivity index (χ3n) is 3.58. The third kappa shape index (κ3) is 5.97. The molecule has 1 heterocycles. The summed E-state index contributed by atoms with van der Waals surface area (Å²) in [5.74, 6) is 0.908. The van der Waals surface area contributed by atoms with Gasteiger partial charge in [0.2, 0.25) is 17.5 Å². The molecule has 0 saturated heterocycles. The van der Waals surface area contributed by atoms with Crippen molar-refractivity contribution in [1.29, 1.82) is 0 Å². The van der Waals surface area contributed by atoms with Gasteiger partial charge in [-0.1, -0.05) is 60.7 Å². The number of hydrogen-bond donors (Lipinski definition) is 0. The minimum absolute atomic E-state index is 0.189. The van der Waals surface area contributed by atoms with Crippen LogP contribution >= 0.6 is 0 Å². The maximum Gasteiger partial charge on any atom is 0.229 e. The first-order valence-electron chi connectivity index (χ1n) is 7.50. The average molecular weight is 364 g/mol. The molecule has 1 atom stereocenters. The second kappa shape index (κ2) is 8.24. The van der Waals surface area contributed by atoms with Gasteiger partial charge in [-0.2, -0.15) is 0 Å². The van der Waals surface area contributed by atoms with Crippen LogP contribution in [0.3, 0.4) is 0 Å². The topological polar surface area (TPSA) is 109 Å². The predicted molar refractivity (Wildman–Crippen MR) is 79.3 cm³/mol. The second-order valence-corrected chi connectivity index (χ2v) is 6.15. The van der Waals surface area contributed by atoms with Crippen LogP contribution in [0.1, 0.15) is 24.2 Å². The lowest BCUT2D eigenvalue weighted by Gasteiger charge is -2.17. The van der Waals surface area contributed by atoms with E-state index in [0.29, 0.717) is 0 Å². The van der Waals surface area contributed by atoms with Crippen LogP contribution in [-0.2, 0) is 0 Å². The first-order chi connectivity index (χ1) is 11.8. The van der Waals surface area contributed by atoms with Crippen molar-refractivity contribution in [3.63, 3.8) is 0 Å². The number of aryl methyl sites for hydroxylation is 1. The highest BCUT2D eigenvalue weighted by Gasteiger charge is 2.24. The highest BCUT2D eigenvalue weighted by atomic mass is 35.7. The van der Waals surface area contributed by atoms with E-state index in [1.807, 2.05) is 29.0 Å². The lowest BCUT2D eigenvalue weighted by atomic mass is 10.1. The number of benzene rings is 2. The molecule has 3 aromatic rings. The van der Waals surface area contributed by atoms with E-state index in [2.05, 4.69) is 56.3 Å². The summed E-state index contributed by atoms with van der Waals surface area (Å²) in [7, 11) is -4.94. The highest BCUT2D eigenvalue weighted by molar-refractivity contribution is 5.56. The fourth-order valence-corrected chi connectivity index (χ4v) is 2.45. The number of nitrogens with zero attached hydrogens (tertiary/aromatic N) is 1. The summed E-state index contributed by atoms with van der Waals surface area (Å²) in [6, 6.07) is 22.9. The molecule has 0 aliphatic carbocycles. The lowest BCUT2D eigenvalue weighted by Crippen LogP contribution is -2.68. The Hall–Kier alpha value is -2.22. The fourth-order valence-electron chi connectivity index (χ4n) is 2.45. The largest absolute Gasteiger partial charge is 0.235 e. The Morgan fingerprint density at radius 2 is 1.36 bits per heavy atom. The molecule has 0 aliphatic rings. The SMILES string of the molecule is Cc1cc(-c2ccccc2)o[n+]1C(C)c1ccccc1.[O-][Cl+3]([O-])([O-])[O-]. The van der Waals surface area contributed by atoms with Crippen LogP contribution in [0.5, 0.6) is 0 Å². The molecule has 0 bridgehead atoms. The van der Waals surface area contributed by atoms with Crippen LogP contribution < -0.4 is 23.4 Å². The summed E-state index contributed by atoms with van der Waals surface area (Å²) >= 11 is 0. The lowest BCUT2D eigenvalue weighted by molar-refractivity contribution is -2.00. The van der Waals surface area contributed by atoms with Crippen LogP contribution in [0.15, 0.2) is 71.3 Å². The fraction of sp³-hybridized carbons (Fsp3) is 0.167. The molecule has 3 rings (SSSR count). The Morgan fingerprint density at radius 3 is 1.88 bits per heavy atom. The molecule has 7 heteroatoms. The molecule has 0 N–H and O–H groups in total. The summed E-state index contributed by atoms with van der Waals surface area (Å²) in [6.07, 6.45) is 0. The van der Waals surface area contributed by atoms with Gasteiger partial charge in [-0.3, -0.25) is 0 Å². The quantitative estimate of drug-likeness (QED) is 0.577. The Balaban J connectivity index is 0.000000399. The van der Waals surface area contributed by atoms with Crippen molar-refractivity contribution in [3.8, 4) is 11.3 Å². The molecular weight excluding hydrogens is 346 g/mol. The number of halogens is 1. The minimum atomic E-state index is -4.94. The zero-order valence-electron chi connectivity index (χ0n) is 13.8. The molecule has 0 spiro atoms. The van der Waals surface area contributed by atoms with E-state index in [0.717, 1.165) is 17.0 Å². The second-order valence-electron chi connectivity index (χ2n) is 5.40. The maximum atomic E-state index is 8.49. The summed E-state index contributed by atoms with van der Waals surface area (Å²) in [5, 5.41) is 0. The van der Waals surface area contributed by atoms with Gasteiger partial charge in [-0.05, 0) is 4.74 Å². The van der Waals surface area contributed by atoms with Crippen LogP contribution in [0.4, 0.5) is 0 Å². The Kier molecular flexibility index (Phi) is 6.30. The number of hydrogen-bond acceptors (Lipinski definition) is 5. The normalized spacial score (nSPS) is 12.2. The molecule has 0 radical (unpaired) electrons. The van der Waals surface area contributed by atoms with Gasteiger partial charge in [-0.15, -0.1) is 10.2 Å². The zero-order chi connectivity index (χ0) is 18.4. The predicted octanol–water partition coefficient (Wildman–Crippen LogP) is -0.604. The number of rotatable bonds is 3. The Labute approximate surface area is 147 Å². The van der Waals surface area contributed by atoms with Gasteiger partial charge in [0, 0.05) is 25.0 Å². The molecule has 0 amide bonds. The molecule has 0 aliphatic heterocycles. The smallest absolute Gasteiger partial charge is 0.229 e. The molecule has 1 aromatic heterocycles. The van der Waals surface area contributed by atoms with Crippen LogP contribution in [-0.4, -0.2) is 0 Å². The van der Waals surface area contributed by atoms with Crippen LogP contribution in [0, 0.1) is 17.2 Å². The molecular formula is C18H18ClNO5. The van der Waals surface area contributed by atoms with Crippen molar-refractivity contribution in [2.24, 2.45) is 0 Å². The average Bonchev–Trinajstić information content (AvgIpc) is 2.96. The molecule has 0 fully saturated rings. The summed E-state index contributed by atoms with van der Waals surface area (Å²) in [4.78, 5) is 0. The van der Waals surface area contributed by atoms with Gasteiger partial charge in [0.25, 0.3) is 0 Å². The molecule has 0 saturated carbocycles. The molecule has 132 valence electrons. The monoisotopic (exact) mass is 363 g/mol. The first kappa shape index (κ1) is 19.1. The van der Waals surface area contributed by atoms with E-state index in [1.54, 1.807) is 0 Å². The van der Waals surface area contributed by atoms with E-state index in [9.17, 15) is 0 Å². The standard InChI is InChI=1S/C18H18NO.ClHO4/c1-14-13-18(17-11-7-4-8-12-17)20-19(14)15(2)16-9-5-3-6-10-16;2-1(3,4)5/h3-13,15H,1-2H3;(H,2,3,4,5)/q+1;/p-1. The van der Waals surface area contributed by atoms with Gasteiger partial charge in [0.15, 0.2) is 0 Å². The third-order valence-corrected chi connectivity index (χ3v) is 3.58. The van der Waals surface area contributed by atoms with Gasteiger partial charge in [0.1, 0.15) is 0 Å². The Morgan fingerprint density at radius 1 is 0.880 bits per heavy atom. The zero-order valence-corrected chi connectivity index (χ0v) is 14.6.